The zero-order valence-corrected chi connectivity index (χ0v) is 12.3. The van der Waals surface area contributed by atoms with Gasteiger partial charge in [-0.15, -0.1) is 5.10 Å². The molecule has 0 amide bonds. The van der Waals surface area contributed by atoms with Crippen LogP contribution in [0, 0.1) is 0 Å². The molecule has 0 bridgehead atoms. The second kappa shape index (κ2) is 5.36. The van der Waals surface area contributed by atoms with Crippen molar-refractivity contribution < 1.29 is 0 Å². The molecule has 0 radical (unpaired) electrons. The van der Waals surface area contributed by atoms with Crippen LogP contribution in [0.25, 0.3) is 11.4 Å². The van der Waals surface area contributed by atoms with E-state index in [4.69, 9.17) is 0 Å². The third-order valence-electron chi connectivity index (χ3n) is 4.48. The number of benzene rings is 1. The van der Waals surface area contributed by atoms with Gasteiger partial charge in [0.2, 0.25) is 0 Å². The van der Waals surface area contributed by atoms with Gasteiger partial charge in [-0.05, 0) is 42.2 Å². The van der Waals surface area contributed by atoms with Crippen molar-refractivity contribution in [2.45, 2.75) is 37.8 Å². The van der Waals surface area contributed by atoms with Crippen molar-refractivity contribution in [3.63, 3.8) is 0 Å². The van der Waals surface area contributed by atoms with Crippen molar-refractivity contribution in [2.24, 2.45) is 0 Å². The van der Waals surface area contributed by atoms with Crippen molar-refractivity contribution in [1.82, 2.24) is 30.0 Å². The van der Waals surface area contributed by atoms with Crippen LogP contribution in [0.15, 0.2) is 48.8 Å². The Bertz CT molecular complexity index is 725. The van der Waals surface area contributed by atoms with Gasteiger partial charge in [-0.2, -0.15) is 9.78 Å². The van der Waals surface area contributed by atoms with E-state index < -0.39 is 0 Å². The van der Waals surface area contributed by atoms with E-state index >= 15 is 0 Å². The van der Waals surface area contributed by atoms with Crippen molar-refractivity contribution in [2.75, 3.05) is 0 Å². The van der Waals surface area contributed by atoms with Crippen LogP contribution in [-0.2, 0) is 5.66 Å². The van der Waals surface area contributed by atoms with Gasteiger partial charge in [0.05, 0.1) is 0 Å². The molecule has 1 fully saturated rings. The highest BCUT2D eigenvalue weighted by atomic mass is 15.6. The minimum absolute atomic E-state index is 0.295. The molecule has 3 aromatic rings. The summed E-state index contributed by atoms with van der Waals surface area (Å²) in [5.41, 5.74) is 0.737. The van der Waals surface area contributed by atoms with Crippen LogP contribution in [0.1, 0.15) is 32.1 Å². The molecule has 0 aliphatic heterocycles. The van der Waals surface area contributed by atoms with E-state index in [-0.39, 0.29) is 5.66 Å². The zero-order chi connectivity index (χ0) is 14.8. The monoisotopic (exact) mass is 294 g/mol. The van der Waals surface area contributed by atoms with Crippen LogP contribution in [0.3, 0.4) is 0 Å². The predicted molar refractivity (Wildman–Crippen MR) is 81.9 cm³/mol. The summed E-state index contributed by atoms with van der Waals surface area (Å²) in [7, 11) is 0. The third-order valence-corrected chi connectivity index (χ3v) is 4.48. The van der Waals surface area contributed by atoms with Gasteiger partial charge in [0, 0.05) is 18.0 Å². The molecule has 2 heterocycles. The molecule has 0 N–H and O–H groups in total. The highest BCUT2D eigenvalue weighted by molar-refractivity contribution is 5.54. The van der Waals surface area contributed by atoms with Crippen molar-refractivity contribution >= 4 is 0 Å². The minimum Gasteiger partial charge on any atom is -0.245 e. The molecule has 6 heteroatoms. The molecule has 1 saturated carbocycles. The molecule has 4 rings (SSSR count). The molecule has 1 aromatic carbocycles. The molecule has 0 spiro atoms. The number of aromatic nitrogens is 6. The molecule has 1 aliphatic carbocycles. The van der Waals surface area contributed by atoms with Crippen LogP contribution >= 0.6 is 0 Å². The van der Waals surface area contributed by atoms with Gasteiger partial charge in [0.1, 0.15) is 0 Å². The van der Waals surface area contributed by atoms with Crippen LogP contribution < -0.4 is 0 Å². The van der Waals surface area contributed by atoms with E-state index in [0.717, 1.165) is 37.1 Å². The highest BCUT2D eigenvalue weighted by Crippen LogP contribution is 2.37. The van der Waals surface area contributed by atoms with Gasteiger partial charge in [-0.3, -0.25) is 0 Å². The lowest BCUT2D eigenvalue weighted by molar-refractivity contribution is 0.116. The fraction of sp³-hybridized carbons (Fsp3) is 0.375. The van der Waals surface area contributed by atoms with E-state index in [2.05, 4.69) is 20.6 Å². The number of nitrogens with zero attached hydrogens (tertiary/aromatic N) is 6. The number of hydrogen-bond donors (Lipinski definition) is 0. The average Bonchev–Trinajstić information content (AvgIpc) is 3.28. The van der Waals surface area contributed by atoms with E-state index in [1.54, 1.807) is 0 Å². The average molecular weight is 294 g/mol. The lowest BCUT2D eigenvalue weighted by Gasteiger charge is -2.37. The first-order chi connectivity index (χ1) is 10.9. The Balaban J connectivity index is 1.87. The van der Waals surface area contributed by atoms with Crippen LogP contribution in [0.2, 0.25) is 0 Å². The summed E-state index contributed by atoms with van der Waals surface area (Å²) in [6, 6.07) is 12.1. The molecule has 22 heavy (non-hydrogen) atoms. The summed E-state index contributed by atoms with van der Waals surface area (Å²) >= 11 is 0. The molecule has 0 unspecified atom stereocenters. The summed E-state index contributed by atoms with van der Waals surface area (Å²) in [5.74, 6) is 0.804. The van der Waals surface area contributed by atoms with E-state index in [0.29, 0.717) is 0 Å². The lowest BCUT2D eigenvalue weighted by Crippen LogP contribution is -2.44. The normalized spacial score (nSPS) is 17.5. The highest BCUT2D eigenvalue weighted by Gasteiger charge is 2.39. The fourth-order valence-electron chi connectivity index (χ4n) is 3.41. The molecule has 0 atom stereocenters. The fourth-order valence-corrected chi connectivity index (χ4v) is 3.41. The first kappa shape index (κ1) is 13.2. The summed E-state index contributed by atoms with van der Waals surface area (Å²) in [6.07, 6.45) is 9.41. The smallest absolute Gasteiger partial charge is 0.184 e. The third kappa shape index (κ3) is 2.03. The quantitative estimate of drug-likeness (QED) is 0.745. The summed E-state index contributed by atoms with van der Waals surface area (Å²) in [5, 5.41) is 17.1. The van der Waals surface area contributed by atoms with E-state index in [1.807, 2.05) is 58.2 Å². The molecule has 1 aliphatic rings. The Hall–Kier alpha value is -2.50. The maximum Gasteiger partial charge on any atom is 0.184 e. The standard InChI is InChI=1S/C16H18N6/c1-3-8-14(9-4-1)15-18-19-20-22(15)16(10-5-2-6-11-16)21-13-7-12-17-21/h1,3-4,7-9,12-13H,2,5-6,10-11H2. The largest absolute Gasteiger partial charge is 0.245 e. The molecular weight excluding hydrogens is 276 g/mol. The maximum atomic E-state index is 4.50. The second-order valence-corrected chi connectivity index (χ2v) is 5.77. The van der Waals surface area contributed by atoms with Crippen LogP contribution in [0.4, 0.5) is 0 Å². The second-order valence-electron chi connectivity index (χ2n) is 5.77. The van der Waals surface area contributed by atoms with Crippen molar-refractivity contribution in [3.05, 3.63) is 48.8 Å². The predicted octanol–water partition coefficient (Wildman–Crippen LogP) is 2.70. The summed E-state index contributed by atoms with van der Waals surface area (Å²) in [4.78, 5) is 0. The SMILES string of the molecule is c1ccc(-c2nnnn2C2(n3cccn3)CCCCC2)cc1. The molecule has 2 aromatic heterocycles. The Morgan fingerprint density at radius 2 is 1.77 bits per heavy atom. The maximum absolute atomic E-state index is 4.50. The van der Waals surface area contributed by atoms with Gasteiger partial charge in [0.15, 0.2) is 11.5 Å². The molecular formula is C16H18N6. The lowest BCUT2D eigenvalue weighted by atomic mass is 9.88. The van der Waals surface area contributed by atoms with Crippen LogP contribution in [0.5, 0.6) is 0 Å². The van der Waals surface area contributed by atoms with Gasteiger partial charge < -0.3 is 0 Å². The first-order valence-corrected chi connectivity index (χ1v) is 7.75. The van der Waals surface area contributed by atoms with E-state index in [9.17, 15) is 0 Å². The topological polar surface area (TPSA) is 61.4 Å². The molecule has 6 nitrogen and oxygen atoms in total. The summed E-state index contributed by atoms with van der Waals surface area (Å²) in [6.45, 7) is 0. The first-order valence-electron chi connectivity index (χ1n) is 7.75. The zero-order valence-electron chi connectivity index (χ0n) is 12.3. The Kier molecular flexibility index (Phi) is 3.21. The van der Waals surface area contributed by atoms with Gasteiger partial charge in [0.25, 0.3) is 0 Å². The number of rotatable bonds is 3. The van der Waals surface area contributed by atoms with Gasteiger partial charge >= 0.3 is 0 Å². The minimum atomic E-state index is -0.295. The van der Waals surface area contributed by atoms with E-state index in [1.165, 1.54) is 6.42 Å². The van der Waals surface area contributed by atoms with Crippen molar-refractivity contribution in [3.8, 4) is 11.4 Å². The van der Waals surface area contributed by atoms with Gasteiger partial charge in [-0.25, -0.2) is 4.68 Å². The number of tetrazole rings is 1. The van der Waals surface area contributed by atoms with Gasteiger partial charge in [-0.1, -0.05) is 36.8 Å². The van der Waals surface area contributed by atoms with Crippen LogP contribution in [-0.4, -0.2) is 30.0 Å². The molecule has 112 valence electrons. The Morgan fingerprint density at radius 3 is 2.50 bits per heavy atom. The van der Waals surface area contributed by atoms with Crippen molar-refractivity contribution in [1.29, 1.82) is 0 Å². The Morgan fingerprint density at radius 1 is 0.955 bits per heavy atom. The number of hydrogen-bond acceptors (Lipinski definition) is 4. The Labute approximate surface area is 128 Å². The molecule has 0 saturated heterocycles. The summed E-state index contributed by atoms with van der Waals surface area (Å²) < 4.78 is 3.99.